The number of Topliss-reactive ketones (excluding diaryl/α,β-unsaturated/α-hetero) is 1. The summed E-state index contributed by atoms with van der Waals surface area (Å²) in [6.45, 7) is 15.0. The average Bonchev–Trinajstić information content (AvgIpc) is 3.09. The Bertz CT molecular complexity index is 668. The number of carbonyl (C=O) groups excluding carboxylic acids is 1. The van der Waals surface area contributed by atoms with Crippen LogP contribution in [0.15, 0.2) is 36.9 Å². The van der Waals surface area contributed by atoms with Crippen LogP contribution in [-0.2, 0) is 17.6 Å². The van der Waals surface area contributed by atoms with Crippen LogP contribution in [0.5, 0.6) is 0 Å². The van der Waals surface area contributed by atoms with Crippen molar-refractivity contribution in [3.8, 4) is 0 Å². The summed E-state index contributed by atoms with van der Waals surface area (Å²) in [5, 5.41) is 0. The Morgan fingerprint density at radius 2 is 1.68 bits per heavy atom. The lowest BCUT2D eigenvalue weighted by Crippen LogP contribution is -2.47. The van der Waals surface area contributed by atoms with Crippen molar-refractivity contribution in [2.75, 3.05) is 13.1 Å². The van der Waals surface area contributed by atoms with E-state index in [2.05, 4.69) is 63.4 Å². The maximum absolute atomic E-state index is 13.3. The highest BCUT2D eigenvalue weighted by Gasteiger charge is 2.43. The van der Waals surface area contributed by atoms with Crippen molar-refractivity contribution in [3.63, 3.8) is 0 Å². The first-order chi connectivity index (χ1) is 13.2. The fourth-order valence-corrected chi connectivity index (χ4v) is 5.35. The molecule has 0 aromatic heterocycles. The Kier molecular flexibility index (Phi) is 6.49. The number of ketones is 1. The first kappa shape index (κ1) is 21.3. The van der Waals surface area contributed by atoms with Gasteiger partial charge in [-0.25, -0.2) is 0 Å². The van der Waals surface area contributed by atoms with Gasteiger partial charge in [-0.05, 0) is 74.1 Å². The van der Waals surface area contributed by atoms with Crippen LogP contribution in [0.25, 0.3) is 0 Å². The Morgan fingerprint density at radius 1 is 1.11 bits per heavy atom. The normalized spacial score (nSPS) is 21.3. The van der Waals surface area contributed by atoms with Crippen LogP contribution >= 0.6 is 0 Å². The number of hydrogen-bond donors (Lipinski definition) is 0. The zero-order valence-electron chi connectivity index (χ0n) is 18.5. The monoisotopic (exact) mass is 381 g/mol. The molecule has 1 heterocycles. The molecule has 28 heavy (non-hydrogen) atoms. The van der Waals surface area contributed by atoms with Gasteiger partial charge in [-0.1, -0.05) is 58.0 Å². The van der Waals surface area contributed by atoms with E-state index >= 15 is 0 Å². The van der Waals surface area contributed by atoms with E-state index in [1.807, 2.05) is 6.08 Å². The molecule has 1 aliphatic carbocycles. The van der Waals surface area contributed by atoms with Crippen molar-refractivity contribution in [1.82, 2.24) is 4.90 Å². The zero-order valence-corrected chi connectivity index (χ0v) is 18.5. The van der Waals surface area contributed by atoms with Gasteiger partial charge in [0.15, 0.2) is 0 Å². The minimum atomic E-state index is -0.202. The molecule has 2 nitrogen and oxygen atoms in total. The zero-order chi connectivity index (χ0) is 20.4. The Labute approximate surface area is 172 Å². The van der Waals surface area contributed by atoms with Crippen molar-refractivity contribution in [1.29, 1.82) is 0 Å². The van der Waals surface area contributed by atoms with E-state index in [1.54, 1.807) is 0 Å². The van der Waals surface area contributed by atoms with Crippen LogP contribution in [0.1, 0.15) is 70.9 Å². The maximum atomic E-state index is 13.3. The van der Waals surface area contributed by atoms with Crippen LogP contribution < -0.4 is 0 Å². The van der Waals surface area contributed by atoms with Crippen LogP contribution in [0.3, 0.4) is 0 Å². The van der Waals surface area contributed by atoms with Gasteiger partial charge in [-0.3, -0.25) is 9.69 Å². The molecule has 1 unspecified atom stereocenters. The summed E-state index contributed by atoms with van der Waals surface area (Å²) < 4.78 is 0. The van der Waals surface area contributed by atoms with Crippen molar-refractivity contribution >= 4 is 5.78 Å². The maximum Gasteiger partial charge on any atom is 0.139 e. The number of likely N-dealkylation sites (tertiary alicyclic amines) is 1. The topological polar surface area (TPSA) is 20.3 Å². The molecule has 0 radical (unpaired) electrons. The summed E-state index contributed by atoms with van der Waals surface area (Å²) in [6.07, 6.45) is 9.23. The molecule has 0 spiro atoms. The van der Waals surface area contributed by atoms with Crippen molar-refractivity contribution in [3.05, 3.63) is 48.0 Å². The van der Waals surface area contributed by atoms with E-state index in [9.17, 15) is 4.79 Å². The van der Waals surface area contributed by atoms with E-state index < -0.39 is 0 Å². The number of fused-ring (bicyclic) bond motifs is 1. The largest absolute Gasteiger partial charge is 0.300 e. The molecule has 154 valence electrons. The van der Waals surface area contributed by atoms with Crippen molar-refractivity contribution in [2.24, 2.45) is 16.7 Å². The SMILES string of the molecule is C=CCCC(C)(C(=O)CC(C)(C)C)C1CCN(C2Cc3ccccc3C2)CC1. The summed E-state index contributed by atoms with van der Waals surface area (Å²) in [7, 11) is 0. The second-order valence-electron chi connectivity index (χ2n) is 10.5. The lowest BCUT2D eigenvalue weighted by atomic mass is 9.64. The summed E-state index contributed by atoms with van der Waals surface area (Å²) >= 11 is 0. The summed E-state index contributed by atoms with van der Waals surface area (Å²) in [5.74, 6) is 0.968. The van der Waals surface area contributed by atoms with E-state index in [-0.39, 0.29) is 10.8 Å². The minimum absolute atomic E-state index is 0.0584. The first-order valence-electron chi connectivity index (χ1n) is 11.2. The van der Waals surface area contributed by atoms with E-state index in [0.29, 0.717) is 24.2 Å². The molecule has 3 rings (SSSR count). The third-order valence-corrected chi connectivity index (χ3v) is 7.17. The molecule has 2 heteroatoms. The van der Waals surface area contributed by atoms with E-state index in [1.165, 1.54) is 24.0 Å². The fourth-order valence-electron chi connectivity index (χ4n) is 5.35. The highest BCUT2D eigenvalue weighted by molar-refractivity contribution is 5.85. The Morgan fingerprint density at radius 3 is 2.18 bits per heavy atom. The molecule has 0 saturated carbocycles. The Hall–Kier alpha value is -1.41. The van der Waals surface area contributed by atoms with Gasteiger partial charge >= 0.3 is 0 Å². The van der Waals surface area contributed by atoms with Gasteiger partial charge < -0.3 is 0 Å². The smallest absolute Gasteiger partial charge is 0.139 e. The van der Waals surface area contributed by atoms with Gasteiger partial charge in [0.2, 0.25) is 0 Å². The standard InChI is InChI=1S/C26H39NO/c1-6-7-14-26(5,24(28)19-25(2,3)4)22-12-15-27(16-13-22)23-17-20-10-8-9-11-21(20)18-23/h6,8-11,22-23H,1,7,12-19H2,2-5H3. The summed E-state index contributed by atoms with van der Waals surface area (Å²) in [4.78, 5) is 16.0. The molecule has 1 aromatic rings. The lowest BCUT2D eigenvalue weighted by molar-refractivity contribution is -0.134. The fraction of sp³-hybridized carbons (Fsp3) is 0.654. The van der Waals surface area contributed by atoms with Gasteiger partial charge in [0.05, 0.1) is 0 Å². The minimum Gasteiger partial charge on any atom is -0.300 e. The molecular formula is C26H39NO. The number of hydrogen-bond acceptors (Lipinski definition) is 2. The predicted molar refractivity (Wildman–Crippen MR) is 119 cm³/mol. The predicted octanol–water partition coefficient (Wildman–Crippen LogP) is 5.84. The van der Waals surface area contributed by atoms with Gasteiger partial charge in [-0.15, -0.1) is 6.58 Å². The number of nitrogens with zero attached hydrogens (tertiary/aromatic N) is 1. The van der Waals surface area contributed by atoms with Gasteiger partial charge in [0.1, 0.15) is 5.78 Å². The first-order valence-corrected chi connectivity index (χ1v) is 11.2. The third-order valence-electron chi connectivity index (χ3n) is 7.17. The number of benzene rings is 1. The molecule has 1 fully saturated rings. The number of rotatable bonds is 7. The average molecular weight is 382 g/mol. The second kappa shape index (κ2) is 8.53. The van der Waals surface area contributed by atoms with Crippen molar-refractivity contribution < 1.29 is 4.79 Å². The molecule has 0 bridgehead atoms. The van der Waals surface area contributed by atoms with Gasteiger partial charge in [-0.2, -0.15) is 0 Å². The van der Waals surface area contributed by atoms with Crippen LogP contribution in [-0.4, -0.2) is 29.8 Å². The molecule has 1 aromatic carbocycles. The van der Waals surface area contributed by atoms with Crippen LogP contribution in [0.4, 0.5) is 0 Å². The van der Waals surface area contributed by atoms with Crippen LogP contribution in [0.2, 0.25) is 0 Å². The quantitative estimate of drug-likeness (QED) is 0.553. The highest BCUT2D eigenvalue weighted by atomic mass is 16.1. The van der Waals surface area contributed by atoms with Gasteiger partial charge in [0.25, 0.3) is 0 Å². The molecule has 1 atom stereocenters. The van der Waals surface area contributed by atoms with E-state index in [4.69, 9.17) is 0 Å². The van der Waals surface area contributed by atoms with Crippen LogP contribution in [0, 0.1) is 16.7 Å². The lowest BCUT2D eigenvalue weighted by Gasteiger charge is -2.44. The third kappa shape index (κ3) is 4.76. The van der Waals surface area contributed by atoms with Gasteiger partial charge in [0, 0.05) is 17.9 Å². The van der Waals surface area contributed by atoms with E-state index in [0.717, 1.165) is 38.8 Å². The highest BCUT2D eigenvalue weighted by Crippen LogP contribution is 2.43. The molecule has 1 aliphatic heterocycles. The molecule has 0 N–H and O–H groups in total. The number of allylic oxidation sites excluding steroid dienone is 1. The summed E-state index contributed by atoms with van der Waals surface area (Å²) in [6, 6.07) is 9.57. The Balaban J connectivity index is 1.63. The number of carbonyl (C=O) groups is 1. The second-order valence-corrected chi connectivity index (χ2v) is 10.5. The number of piperidine rings is 1. The molecule has 1 saturated heterocycles. The molecular weight excluding hydrogens is 342 g/mol. The summed E-state index contributed by atoms with van der Waals surface area (Å²) in [5.41, 5.74) is 2.92. The van der Waals surface area contributed by atoms with Crippen molar-refractivity contribution in [2.45, 2.75) is 78.7 Å². The molecule has 2 aliphatic rings. The molecule has 0 amide bonds.